The lowest BCUT2D eigenvalue weighted by Crippen LogP contribution is -2.45. The van der Waals surface area contributed by atoms with E-state index in [-0.39, 0.29) is 12.5 Å². The molecule has 0 bridgehead atoms. The fourth-order valence-corrected chi connectivity index (χ4v) is 6.96. The van der Waals surface area contributed by atoms with Crippen LogP contribution in [0.4, 0.5) is 0 Å². The summed E-state index contributed by atoms with van der Waals surface area (Å²) in [5.41, 5.74) is 0. The quantitative estimate of drug-likeness (QED) is 0.0438. The first-order valence-electron chi connectivity index (χ1n) is 22.6. The summed E-state index contributed by atoms with van der Waals surface area (Å²) in [7, 11) is 0. The second-order valence-electron chi connectivity index (χ2n) is 15.5. The molecule has 0 radical (unpaired) electrons. The maximum Gasteiger partial charge on any atom is 0.220 e. The lowest BCUT2D eigenvalue weighted by Gasteiger charge is -2.19. The van der Waals surface area contributed by atoms with E-state index in [4.69, 9.17) is 0 Å². The molecule has 0 rings (SSSR count). The van der Waals surface area contributed by atoms with Crippen molar-refractivity contribution in [3.05, 3.63) is 24.3 Å². The van der Waals surface area contributed by atoms with Gasteiger partial charge in [-0.25, -0.2) is 0 Å². The van der Waals surface area contributed by atoms with Gasteiger partial charge in [-0.1, -0.05) is 231 Å². The average Bonchev–Trinajstić information content (AvgIpc) is 3.12. The standard InChI is InChI=1S/C46H89NO3/c1-3-5-7-9-11-13-15-16-17-18-19-20-21-22-23-24-25-26-27-28-29-30-31-32-34-36-38-40-42-46(50)47-44(43-48)45(49)41-39-37-35-33-14-12-10-8-6-4-2/h14,33,39,41,44-45,48-49H,3-13,15-32,34-38,40,42-43H2,1-2H3,(H,47,50)/b33-14+,41-39+. The van der Waals surface area contributed by atoms with Gasteiger partial charge in [-0.05, 0) is 32.1 Å². The molecule has 296 valence electrons. The summed E-state index contributed by atoms with van der Waals surface area (Å²) in [6.07, 6.45) is 54.6. The van der Waals surface area contributed by atoms with E-state index in [0.29, 0.717) is 6.42 Å². The summed E-state index contributed by atoms with van der Waals surface area (Å²) in [5, 5.41) is 22.9. The van der Waals surface area contributed by atoms with Crippen molar-refractivity contribution in [1.82, 2.24) is 5.32 Å². The highest BCUT2D eigenvalue weighted by Crippen LogP contribution is 2.16. The van der Waals surface area contributed by atoms with Crippen LogP contribution in [0.1, 0.15) is 245 Å². The van der Waals surface area contributed by atoms with Crippen molar-refractivity contribution in [3.63, 3.8) is 0 Å². The molecule has 0 fully saturated rings. The van der Waals surface area contributed by atoms with E-state index < -0.39 is 12.1 Å². The number of carbonyl (C=O) groups excluding carboxylic acids is 1. The fraction of sp³-hybridized carbons (Fsp3) is 0.891. The van der Waals surface area contributed by atoms with Crippen LogP contribution in [0.5, 0.6) is 0 Å². The molecule has 50 heavy (non-hydrogen) atoms. The van der Waals surface area contributed by atoms with E-state index in [1.807, 2.05) is 6.08 Å². The van der Waals surface area contributed by atoms with Crippen molar-refractivity contribution in [3.8, 4) is 0 Å². The number of carbonyl (C=O) groups is 1. The van der Waals surface area contributed by atoms with Crippen LogP contribution in [0.15, 0.2) is 24.3 Å². The first kappa shape index (κ1) is 48.9. The van der Waals surface area contributed by atoms with Gasteiger partial charge in [-0.15, -0.1) is 0 Å². The van der Waals surface area contributed by atoms with Crippen molar-refractivity contribution in [1.29, 1.82) is 0 Å². The normalized spacial score (nSPS) is 13.1. The molecule has 0 spiro atoms. The van der Waals surface area contributed by atoms with Gasteiger partial charge in [0.25, 0.3) is 0 Å². The molecular formula is C46H89NO3. The van der Waals surface area contributed by atoms with Crippen LogP contribution in [0.2, 0.25) is 0 Å². The van der Waals surface area contributed by atoms with E-state index in [1.54, 1.807) is 6.08 Å². The number of rotatable bonds is 41. The Bertz CT molecular complexity index is 720. The molecule has 4 heteroatoms. The number of aliphatic hydroxyl groups excluding tert-OH is 2. The largest absolute Gasteiger partial charge is 0.394 e. The zero-order valence-electron chi connectivity index (χ0n) is 33.9. The Morgan fingerprint density at radius 3 is 1.16 bits per heavy atom. The highest BCUT2D eigenvalue weighted by molar-refractivity contribution is 5.76. The highest BCUT2D eigenvalue weighted by atomic mass is 16.3. The highest BCUT2D eigenvalue weighted by Gasteiger charge is 2.17. The van der Waals surface area contributed by atoms with Gasteiger partial charge in [0, 0.05) is 6.42 Å². The van der Waals surface area contributed by atoms with Crippen LogP contribution in [0, 0.1) is 0 Å². The molecule has 3 N–H and O–H groups in total. The Morgan fingerprint density at radius 1 is 0.460 bits per heavy atom. The van der Waals surface area contributed by atoms with Crippen LogP contribution < -0.4 is 5.32 Å². The first-order chi connectivity index (χ1) is 24.7. The summed E-state index contributed by atoms with van der Waals surface area (Å²) in [6, 6.07) is -0.633. The Morgan fingerprint density at radius 2 is 0.780 bits per heavy atom. The minimum Gasteiger partial charge on any atom is -0.394 e. The minimum atomic E-state index is -0.856. The molecule has 0 aromatic heterocycles. The smallest absolute Gasteiger partial charge is 0.220 e. The zero-order valence-corrected chi connectivity index (χ0v) is 33.9. The second kappa shape index (κ2) is 42.3. The van der Waals surface area contributed by atoms with Crippen LogP contribution in [0.3, 0.4) is 0 Å². The third-order valence-corrected chi connectivity index (χ3v) is 10.4. The maximum absolute atomic E-state index is 12.3. The van der Waals surface area contributed by atoms with Crippen molar-refractivity contribution in [2.45, 2.75) is 257 Å². The van der Waals surface area contributed by atoms with E-state index in [2.05, 4.69) is 31.3 Å². The number of unbranched alkanes of at least 4 members (excludes halogenated alkanes) is 32. The third-order valence-electron chi connectivity index (χ3n) is 10.4. The Labute approximate surface area is 313 Å². The Hall–Kier alpha value is -1.13. The summed E-state index contributed by atoms with van der Waals surface area (Å²) in [6.45, 7) is 4.27. The lowest BCUT2D eigenvalue weighted by molar-refractivity contribution is -0.123. The second-order valence-corrected chi connectivity index (χ2v) is 15.5. The summed E-state index contributed by atoms with van der Waals surface area (Å²) in [4.78, 5) is 12.3. The fourth-order valence-electron chi connectivity index (χ4n) is 6.96. The number of allylic oxidation sites excluding steroid dienone is 3. The van der Waals surface area contributed by atoms with Crippen LogP contribution in [-0.4, -0.2) is 34.9 Å². The monoisotopic (exact) mass is 704 g/mol. The molecule has 0 heterocycles. The molecule has 0 aromatic rings. The third kappa shape index (κ3) is 38.1. The molecule has 0 aromatic carbocycles. The predicted molar refractivity (Wildman–Crippen MR) is 221 cm³/mol. The van der Waals surface area contributed by atoms with Gasteiger partial charge in [-0.2, -0.15) is 0 Å². The number of aliphatic hydroxyl groups is 2. The zero-order chi connectivity index (χ0) is 36.4. The SMILES string of the molecule is CCCCCC/C=C/CC/C=C/C(O)C(CO)NC(=O)CCCCCCCCCCCCCCCCCCCCCCCCCCCCCC. The molecular weight excluding hydrogens is 615 g/mol. The van der Waals surface area contributed by atoms with Crippen molar-refractivity contribution >= 4 is 5.91 Å². The molecule has 0 saturated carbocycles. The van der Waals surface area contributed by atoms with Gasteiger partial charge in [0.1, 0.15) is 0 Å². The van der Waals surface area contributed by atoms with Crippen molar-refractivity contribution in [2.75, 3.05) is 6.61 Å². The number of hydrogen-bond donors (Lipinski definition) is 3. The number of nitrogens with one attached hydrogen (secondary N) is 1. The lowest BCUT2D eigenvalue weighted by atomic mass is 10.0. The summed E-state index contributed by atoms with van der Waals surface area (Å²) < 4.78 is 0. The topological polar surface area (TPSA) is 69.6 Å². The Kier molecular flexibility index (Phi) is 41.3. The molecule has 0 aliphatic heterocycles. The molecule has 2 unspecified atom stereocenters. The average molecular weight is 704 g/mol. The van der Waals surface area contributed by atoms with Crippen molar-refractivity contribution < 1.29 is 15.0 Å². The van der Waals surface area contributed by atoms with Gasteiger partial charge in [-0.3, -0.25) is 4.79 Å². The summed E-state index contributed by atoms with van der Waals surface area (Å²) in [5.74, 6) is -0.0719. The van der Waals surface area contributed by atoms with E-state index >= 15 is 0 Å². The molecule has 4 nitrogen and oxygen atoms in total. The molecule has 0 aliphatic rings. The number of amides is 1. The Balaban J connectivity index is 3.42. The van der Waals surface area contributed by atoms with Gasteiger partial charge in [0.15, 0.2) is 0 Å². The molecule has 0 saturated heterocycles. The van der Waals surface area contributed by atoms with Crippen molar-refractivity contribution in [2.24, 2.45) is 0 Å². The minimum absolute atomic E-state index is 0.0719. The van der Waals surface area contributed by atoms with Gasteiger partial charge in [0.05, 0.1) is 18.8 Å². The van der Waals surface area contributed by atoms with Crippen LogP contribution in [-0.2, 0) is 4.79 Å². The van der Waals surface area contributed by atoms with Crippen LogP contribution >= 0.6 is 0 Å². The van der Waals surface area contributed by atoms with Gasteiger partial charge in [0.2, 0.25) is 5.91 Å². The number of hydrogen-bond acceptors (Lipinski definition) is 3. The summed E-state index contributed by atoms with van der Waals surface area (Å²) >= 11 is 0. The van der Waals surface area contributed by atoms with Crippen LogP contribution in [0.25, 0.3) is 0 Å². The van der Waals surface area contributed by atoms with E-state index in [9.17, 15) is 15.0 Å². The van der Waals surface area contributed by atoms with Gasteiger partial charge < -0.3 is 15.5 Å². The van der Waals surface area contributed by atoms with E-state index in [0.717, 1.165) is 32.1 Å². The van der Waals surface area contributed by atoms with Gasteiger partial charge >= 0.3 is 0 Å². The molecule has 1 amide bonds. The predicted octanol–water partition coefficient (Wildman–Crippen LogP) is 14.0. The molecule has 2 atom stereocenters. The van der Waals surface area contributed by atoms with E-state index in [1.165, 1.54) is 193 Å². The maximum atomic E-state index is 12.3. The molecule has 0 aliphatic carbocycles. The first-order valence-corrected chi connectivity index (χ1v) is 22.6.